The zero-order valence-corrected chi connectivity index (χ0v) is 12.8. The molecule has 0 radical (unpaired) electrons. The first kappa shape index (κ1) is 14.8. The van der Waals surface area contributed by atoms with E-state index in [0.717, 1.165) is 46.7 Å². The zero-order chi connectivity index (χ0) is 16.1. The standard InChI is InChI=1S/C20H17N3/c1-3-16-13-21-14-18(19(16)4-2)10-7-15-5-8-17(9-6-15)20-22-11-12-23-20/h3-6,8-9,13-14H,1-2,11-12H2,(H,22,23). The number of nitrogens with one attached hydrogen (secondary N) is 1. The maximum atomic E-state index is 4.41. The minimum absolute atomic E-state index is 0.841. The van der Waals surface area contributed by atoms with Gasteiger partial charge >= 0.3 is 0 Å². The molecule has 112 valence electrons. The van der Waals surface area contributed by atoms with Crippen LogP contribution in [-0.2, 0) is 0 Å². The molecule has 1 aromatic carbocycles. The number of rotatable bonds is 3. The van der Waals surface area contributed by atoms with Gasteiger partial charge < -0.3 is 5.32 Å². The lowest BCUT2D eigenvalue weighted by Crippen LogP contribution is -2.19. The summed E-state index contributed by atoms with van der Waals surface area (Å²) in [6, 6.07) is 8.08. The minimum Gasteiger partial charge on any atom is -0.368 e. The van der Waals surface area contributed by atoms with E-state index in [1.165, 1.54) is 0 Å². The lowest BCUT2D eigenvalue weighted by molar-refractivity contribution is 0.960. The van der Waals surface area contributed by atoms with Crippen LogP contribution >= 0.6 is 0 Å². The van der Waals surface area contributed by atoms with Crippen molar-refractivity contribution in [3.8, 4) is 11.8 Å². The predicted octanol–water partition coefficient (Wildman–Crippen LogP) is 3.12. The summed E-state index contributed by atoms with van der Waals surface area (Å²) in [6.07, 6.45) is 7.07. The fraction of sp³-hybridized carbons (Fsp3) is 0.100. The van der Waals surface area contributed by atoms with Crippen LogP contribution in [0.25, 0.3) is 12.2 Å². The van der Waals surface area contributed by atoms with Gasteiger partial charge in [-0.1, -0.05) is 49.3 Å². The smallest absolute Gasteiger partial charge is 0.128 e. The van der Waals surface area contributed by atoms with Gasteiger partial charge in [0.25, 0.3) is 0 Å². The summed E-state index contributed by atoms with van der Waals surface area (Å²) in [5.41, 5.74) is 4.79. The number of hydrogen-bond acceptors (Lipinski definition) is 3. The molecule has 2 aromatic rings. The molecule has 1 aliphatic heterocycles. The third kappa shape index (κ3) is 3.22. The van der Waals surface area contributed by atoms with E-state index in [2.05, 4.69) is 40.3 Å². The van der Waals surface area contributed by atoms with Crippen molar-refractivity contribution in [2.24, 2.45) is 4.99 Å². The van der Waals surface area contributed by atoms with Gasteiger partial charge in [-0.15, -0.1) is 0 Å². The second kappa shape index (κ2) is 6.76. The SMILES string of the molecule is C=Cc1cncc(C#Cc2ccc(C3=NCCN3)cc2)c1C=C. The van der Waals surface area contributed by atoms with Crippen molar-refractivity contribution < 1.29 is 0 Å². The third-order valence-electron chi connectivity index (χ3n) is 3.62. The second-order valence-corrected chi connectivity index (χ2v) is 5.08. The molecule has 0 saturated carbocycles. The van der Waals surface area contributed by atoms with E-state index in [0.29, 0.717) is 0 Å². The van der Waals surface area contributed by atoms with Crippen molar-refractivity contribution in [2.45, 2.75) is 0 Å². The molecule has 0 atom stereocenters. The van der Waals surface area contributed by atoms with Gasteiger partial charge in [-0.25, -0.2) is 0 Å². The summed E-state index contributed by atoms with van der Waals surface area (Å²) in [5, 5.41) is 3.26. The summed E-state index contributed by atoms with van der Waals surface area (Å²) in [4.78, 5) is 8.61. The lowest BCUT2D eigenvalue weighted by atomic mass is 10.0. The molecule has 0 amide bonds. The van der Waals surface area contributed by atoms with Gasteiger partial charge in [-0.2, -0.15) is 0 Å². The average molecular weight is 299 g/mol. The normalized spacial score (nSPS) is 12.6. The van der Waals surface area contributed by atoms with E-state index >= 15 is 0 Å². The highest BCUT2D eigenvalue weighted by Gasteiger charge is 2.06. The fourth-order valence-electron chi connectivity index (χ4n) is 2.42. The van der Waals surface area contributed by atoms with Crippen LogP contribution < -0.4 is 5.32 Å². The van der Waals surface area contributed by atoms with Gasteiger partial charge in [-0.3, -0.25) is 9.98 Å². The van der Waals surface area contributed by atoms with Gasteiger partial charge in [0.2, 0.25) is 0 Å². The summed E-state index contributed by atoms with van der Waals surface area (Å²) >= 11 is 0. The Morgan fingerprint density at radius 2 is 1.87 bits per heavy atom. The largest absolute Gasteiger partial charge is 0.368 e. The van der Waals surface area contributed by atoms with E-state index in [9.17, 15) is 0 Å². The molecule has 0 spiro atoms. The molecule has 3 nitrogen and oxygen atoms in total. The molecule has 0 fully saturated rings. The molecule has 1 N–H and O–H groups in total. The summed E-state index contributed by atoms with van der Waals surface area (Å²) in [5.74, 6) is 7.30. The van der Waals surface area contributed by atoms with Crippen molar-refractivity contribution in [2.75, 3.05) is 13.1 Å². The van der Waals surface area contributed by atoms with E-state index in [4.69, 9.17) is 0 Å². The number of pyridine rings is 1. The van der Waals surface area contributed by atoms with Crippen LogP contribution in [0.1, 0.15) is 27.8 Å². The molecule has 0 unspecified atom stereocenters. The third-order valence-corrected chi connectivity index (χ3v) is 3.62. The maximum absolute atomic E-state index is 4.41. The number of nitrogens with zero attached hydrogens (tertiary/aromatic N) is 2. The van der Waals surface area contributed by atoms with Crippen LogP contribution in [0, 0.1) is 11.8 Å². The van der Waals surface area contributed by atoms with Gasteiger partial charge in [0.05, 0.1) is 12.1 Å². The van der Waals surface area contributed by atoms with E-state index in [-0.39, 0.29) is 0 Å². The predicted molar refractivity (Wildman–Crippen MR) is 96.2 cm³/mol. The highest BCUT2D eigenvalue weighted by Crippen LogP contribution is 2.15. The van der Waals surface area contributed by atoms with Gasteiger partial charge in [0.1, 0.15) is 5.84 Å². The molecule has 23 heavy (non-hydrogen) atoms. The highest BCUT2D eigenvalue weighted by molar-refractivity contribution is 5.99. The first-order valence-electron chi connectivity index (χ1n) is 7.45. The van der Waals surface area contributed by atoms with Crippen molar-refractivity contribution in [3.63, 3.8) is 0 Å². The number of hydrogen-bond donors (Lipinski definition) is 1. The number of amidine groups is 1. The number of benzene rings is 1. The van der Waals surface area contributed by atoms with E-state index in [1.54, 1.807) is 24.5 Å². The van der Waals surface area contributed by atoms with E-state index in [1.807, 2.05) is 24.3 Å². The van der Waals surface area contributed by atoms with Gasteiger partial charge in [-0.05, 0) is 17.7 Å². The monoisotopic (exact) mass is 299 g/mol. The first-order chi connectivity index (χ1) is 11.3. The van der Waals surface area contributed by atoms with Crippen LogP contribution in [0.4, 0.5) is 0 Å². The van der Waals surface area contributed by atoms with Crippen molar-refractivity contribution in [1.82, 2.24) is 10.3 Å². The van der Waals surface area contributed by atoms with Crippen molar-refractivity contribution in [3.05, 3.63) is 77.6 Å². The van der Waals surface area contributed by atoms with Crippen LogP contribution in [-0.4, -0.2) is 23.9 Å². The molecule has 1 aliphatic rings. The Bertz CT molecular complexity index is 833. The molecular weight excluding hydrogens is 282 g/mol. The van der Waals surface area contributed by atoms with Crippen LogP contribution in [0.3, 0.4) is 0 Å². The average Bonchev–Trinajstić information content (AvgIpc) is 3.14. The Labute approximate surface area is 136 Å². The first-order valence-corrected chi connectivity index (χ1v) is 7.45. The summed E-state index contributed by atoms with van der Waals surface area (Å²) < 4.78 is 0. The summed E-state index contributed by atoms with van der Waals surface area (Å²) in [7, 11) is 0. The topological polar surface area (TPSA) is 37.3 Å². The Morgan fingerprint density at radius 1 is 1.04 bits per heavy atom. The molecule has 3 heteroatoms. The highest BCUT2D eigenvalue weighted by atomic mass is 15.1. The van der Waals surface area contributed by atoms with Crippen molar-refractivity contribution in [1.29, 1.82) is 0 Å². The molecule has 0 saturated heterocycles. The summed E-state index contributed by atoms with van der Waals surface area (Å²) in [6.45, 7) is 9.39. The number of aliphatic imine (C=N–C) groups is 1. The Morgan fingerprint density at radius 3 is 2.52 bits per heavy atom. The fourth-order valence-corrected chi connectivity index (χ4v) is 2.42. The molecular formula is C20H17N3. The molecule has 0 bridgehead atoms. The maximum Gasteiger partial charge on any atom is 0.128 e. The second-order valence-electron chi connectivity index (χ2n) is 5.08. The Hall–Kier alpha value is -3.12. The zero-order valence-electron chi connectivity index (χ0n) is 12.8. The van der Waals surface area contributed by atoms with Crippen LogP contribution in [0.15, 0.2) is 54.8 Å². The van der Waals surface area contributed by atoms with Gasteiger partial charge in [0, 0.05) is 35.6 Å². The Balaban J connectivity index is 1.87. The molecule has 0 aliphatic carbocycles. The quantitative estimate of drug-likeness (QED) is 0.884. The van der Waals surface area contributed by atoms with Crippen LogP contribution in [0.2, 0.25) is 0 Å². The van der Waals surface area contributed by atoms with E-state index < -0.39 is 0 Å². The Kier molecular flexibility index (Phi) is 4.35. The van der Waals surface area contributed by atoms with Crippen LogP contribution in [0.5, 0.6) is 0 Å². The minimum atomic E-state index is 0.841. The lowest BCUT2D eigenvalue weighted by Gasteiger charge is -2.03. The molecule has 3 rings (SSSR count). The molecule has 2 heterocycles. The van der Waals surface area contributed by atoms with Gasteiger partial charge in [0.15, 0.2) is 0 Å². The molecule has 1 aromatic heterocycles. The van der Waals surface area contributed by atoms with Crippen molar-refractivity contribution >= 4 is 18.0 Å². The number of aromatic nitrogens is 1.